The van der Waals surface area contributed by atoms with Gasteiger partial charge in [-0.15, -0.1) is 10.2 Å². The zero-order valence-corrected chi connectivity index (χ0v) is 17.5. The van der Waals surface area contributed by atoms with Gasteiger partial charge in [-0.25, -0.2) is 0 Å². The highest BCUT2D eigenvalue weighted by Crippen LogP contribution is 2.23. The molecule has 1 aliphatic heterocycles. The molecule has 9 nitrogen and oxygen atoms in total. The summed E-state index contributed by atoms with van der Waals surface area (Å²) in [6.07, 6.45) is 1.74. The van der Waals surface area contributed by atoms with Crippen LogP contribution in [0.1, 0.15) is 24.4 Å². The molecule has 1 aromatic carbocycles. The van der Waals surface area contributed by atoms with Crippen LogP contribution in [-0.2, 0) is 17.8 Å². The maximum absolute atomic E-state index is 5.54. The molecule has 2 heterocycles. The normalized spacial score (nSPS) is 16.4. The number of aliphatic imine (C=N–C) groups is 1. The number of hydrogen-bond acceptors (Lipinski definition) is 6. The van der Waals surface area contributed by atoms with Crippen molar-refractivity contribution in [3.8, 4) is 5.75 Å². The molecule has 1 aromatic heterocycles. The second-order valence-corrected chi connectivity index (χ2v) is 6.78. The van der Waals surface area contributed by atoms with Gasteiger partial charge in [0.2, 0.25) is 0 Å². The van der Waals surface area contributed by atoms with E-state index in [1.807, 2.05) is 16.7 Å². The molecule has 1 unspecified atom stereocenters. The van der Waals surface area contributed by atoms with E-state index in [2.05, 4.69) is 49.8 Å². The molecule has 9 heteroatoms. The van der Waals surface area contributed by atoms with Crippen molar-refractivity contribution >= 4 is 5.96 Å². The lowest BCUT2D eigenvalue weighted by atomic mass is 10.0. The molecule has 1 atom stereocenters. The fraction of sp³-hybridized carbons (Fsp3) is 0.550. The van der Waals surface area contributed by atoms with E-state index in [1.54, 1.807) is 20.5 Å². The van der Waals surface area contributed by atoms with E-state index >= 15 is 0 Å². The van der Waals surface area contributed by atoms with Gasteiger partial charge >= 0.3 is 0 Å². The Balaban J connectivity index is 1.64. The lowest BCUT2D eigenvalue weighted by Crippen LogP contribution is -2.46. The number of aromatic nitrogens is 3. The maximum atomic E-state index is 5.54. The van der Waals surface area contributed by atoms with E-state index in [0.717, 1.165) is 56.9 Å². The van der Waals surface area contributed by atoms with Crippen LogP contribution in [0.5, 0.6) is 5.75 Å². The highest BCUT2D eigenvalue weighted by Gasteiger charge is 2.23. The van der Waals surface area contributed by atoms with Gasteiger partial charge in [-0.1, -0.05) is 12.1 Å². The molecule has 0 amide bonds. The van der Waals surface area contributed by atoms with Crippen molar-refractivity contribution in [2.75, 3.05) is 47.0 Å². The molecule has 2 aromatic rings. The first-order valence-electron chi connectivity index (χ1n) is 10.0. The molecule has 0 saturated carbocycles. The van der Waals surface area contributed by atoms with Crippen LogP contribution in [0.4, 0.5) is 0 Å². The second kappa shape index (κ2) is 10.8. The zero-order chi connectivity index (χ0) is 20.5. The molecule has 1 fully saturated rings. The van der Waals surface area contributed by atoms with Crippen molar-refractivity contribution in [2.24, 2.45) is 4.99 Å². The van der Waals surface area contributed by atoms with E-state index in [1.165, 1.54) is 5.56 Å². The van der Waals surface area contributed by atoms with Gasteiger partial charge in [-0.3, -0.25) is 9.89 Å². The fourth-order valence-corrected chi connectivity index (χ4v) is 3.43. The lowest BCUT2D eigenvalue weighted by Gasteiger charge is -2.35. The number of nitrogens with zero attached hydrogens (tertiary/aromatic N) is 5. The fourth-order valence-electron chi connectivity index (χ4n) is 3.43. The monoisotopic (exact) mass is 401 g/mol. The molecule has 2 N–H and O–H groups in total. The van der Waals surface area contributed by atoms with Gasteiger partial charge in [-0.05, 0) is 24.6 Å². The summed E-state index contributed by atoms with van der Waals surface area (Å²) in [6.45, 7) is 7.53. The largest absolute Gasteiger partial charge is 0.497 e. The Labute approximate surface area is 172 Å². The van der Waals surface area contributed by atoms with Crippen LogP contribution in [0, 0.1) is 0 Å². The third-order valence-electron chi connectivity index (χ3n) is 5.12. The van der Waals surface area contributed by atoms with Gasteiger partial charge in [0.1, 0.15) is 12.1 Å². The Morgan fingerprint density at radius 2 is 2.00 bits per heavy atom. The Morgan fingerprint density at radius 1 is 1.24 bits per heavy atom. The predicted octanol–water partition coefficient (Wildman–Crippen LogP) is 1.05. The molecule has 0 aliphatic carbocycles. The molecule has 1 aliphatic rings. The number of morpholine rings is 1. The van der Waals surface area contributed by atoms with E-state index in [4.69, 9.17) is 9.47 Å². The molecule has 0 radical (unpaired) electrons. The number of ether oxygens (including phenoxy) is 2. The number of guanidine groups is 1. The van der Waals surface area contributed by atoms with Crippen molar-refractivity contribution in [1.82, 2.24) is 30.3 Å². The highest BCUT2D eigenvalue weighted by atomic mass is 16.5. The summed E-state index contributed by atoms with van der Waals surface area (Å²) in [5.74, 6) is 2.48. The second-order valence-electron chi connectivity index (χ2n) is 6.78. The van der Waals surface area contributed by atoms with Crippen molar-refractivity contribution < 1.29 is 9.47 Å². The Bertz CT molecular complexity index is 769. The van der Waals surface area contributed by atoms with Gasteiger partial charge in [0.05, 0.1) is 32.9 Å². The van der Waals surface area contributed by atoms with Crippen LogP contribution >= 0.6 is 0 Å². The highest BCUT2D eigenvalue weighted by molar-refractivity contribution is 5.79. The first-order chi connectivity index (χ1) is 14.2. The number of aryl methyl sites for hydroxylation is 1. The minimum atomic E-state index is 0.211. The topological polar surface area (TPSA) is 88.8 Å². The minimum absolute atomic E-state index is 0.211. The summed E-state index contributed by atoms with van der Waals surface area (Å²) in [6, 6.07) is 8.48. The van der Waals surface area contributed by atoms with Gasteiger partial charge in [-0.2, -0.15) is 0 Å². The van der Waals surface area contributed by atoms with Gasteiger partial charge in [0.15, 0.2) is 11.8 Å². The van der Waals surface area contributed by atoms with Crippen LogP contribution in [0.2, 0.25) is 0 Å². The minimum Gasteiger partial charge on any atom is -0.497 e. The van der Waals surface area contributed by atoms with Crippen LogP contribution < -0.4 is 15.4 Å². The van der Waals surface area contributed by atoms with E-state index in [9.17, 15) is 0 Å². The smallest absolute Gasteiger partial charge is 0.191 e. The summed E-state index contributed by atoms with van der Waals surface area (Å²) in [7, 11) is 3.46. The number of benzene rings is 1. The molecule has 29 heavy (non-hydrogen) atoms. The molecular formula is C20H31N7O2. The first kappa shape index (κ1) is 21.1. The Hall–Kier alpha value is -2.65. The third-order valence-corrected chi connectivity index (χ3v) is 5.12. The Morgan fingerprint density at radius 3 is 2.66 bits per heavy atom. The summed E-state index contributed by atoms with van der Waals surface area (Å²) in [4.78, 5) is 6.80. The van der Waals surface area contributed by atoms with E-state index in [-0.39, 0.29) is 6.04 Å². The number of nitrogens with one attached hydrogen (secondary N) is 2. The van der Waals surface area contributed by atoms with Crippen molar-refractivity contribution in [3.05, 3.63) is 42.0 Å². The van der Waals surface area contributed by atoms with E-state index in [0.29, 0.717) is 6.54 Å². The predicted molar refractivity (Wildman–Crippen MR) is 112 cm³/mol. The number of rotatable bonds is 8. The van der Waals surface area contributed by atoms with Crippen molar-refractivity contribution in [1.29, 1.82) is 0 Å². The van der Waals surface area contributed by atoms with Crippen molar-refractivity contribution in [2.45, 2.75) is 26.1 Å². The number of methoxy groups -OCH3 is 1. The maximum Gasteiger partial charge on any atom is 0.191 e. The average Bonchev–Trinajstić information content (AvgIpc) is 3.24. The molecule has 3 rings (SSSR count). The molecule has 0 spiro atoms. The summed E-state index contributed by atoms with van der Waals surface area (Å²) >= 11 is 0. The average molecular weight is 402 g/mol. The quantitative estimate of drug-likeness (QED) is 0.505. The van der Waals surface area contributed by atoms with Crippen LogP contribution in [0.25, 0.3) is 0 Å². The molecule has 1 saturated heterocycles. The van der Waals surface area contributed by atoms with Crippen LogP contribution in [-0.4, -0.2) is 72.6 Å². The molecular weight excluding hydrogens is 370 g/mol. The Kier molecular flexibility index (Phi) is 7.83. The van der Waals surface area contributed by atoms with Crippen LogP contribution in [0.3, 0.4) is 0 Å². The third kappa shape index (κ3) is 5.68. The summed E-state index contributed by atoms with van der Waals surface area (Å²) < 4.78 is 12.9. The first-order valence-corrected chi connectivity index (χ1v) is 10.0. The molecule has 158 valence electrons. The number of hydrogen-bond donors (Lipinski definition) is 2. The summed E-state index contributed by atoms with van der Waals surface area (Å²) in [5.41, 5.74) is 1.24. The van der Waals surface area contributed by atoms with Gasteiger partial charge in [0.25, 0.3) is 0 Å². The van der Waals surface area contributed by atoms with Gasteiger partial charge < -0.3 is 24.7 Å². The lowest BCUT2D eigenvalue weighted by molar-refractivity contribution is 0.0170. The van der Waals surface area contributed by atoms with Crippen molar-refractivity contribution in [3.63, 3.8) is 0 Å². The SMILES string of the molecule is CCn1cnnc1CNC(=NC)NCC(c1ccc(OC)cc1)N1CCOCC1. The standard InChI is InChI=1S/C20H31N7O2/c1-4-26-15-24-25-19(26)14-23-20(21-2)22-13-18(27-9-11-29-12-10-27)16-5-7-17(28-3)8-6-16/h5-8,15,18H,4,9-14H2,1-3H3,(H2,21,22,23). The molecule has 0 bridgehead atoms. The van der Waals surface area contributed by atoms with Gasteiger partial charge in [0, 0.05) is 33.2 Å². The zero-order valence-electron chi connectivity index (χ0n) is 17.5. The van der Waals surface area contributed by atoms with E-state index < -0.39 is 0 Å². The van der Waals surface area contributed by atoms with Crippen LogP contribution in [0.15, 0.2) is 35.6 Å². The summed E-state index contributed by atoms with van der Waals surface area (Å²) in [5, 5.41) is 14.9.